The van der Waals surface area contributed by atoms with E-state index in [1.807, 2.05) is 0 Å². The highest BCUT2D eigenvalue weighted by Crippen LogP contribution is 2.37. The first kappa shape index (κ1) is 12.0. The Kier molecular flexibility index (Phi) is 2.69. The molecular formula is C11H7Cl2N5O. The van der Waals surface area contributed by atoms with Crippen LogP contribution in [0.4, 0.5) is 5.82 Å². The highest BCUT2D eigenvalue weighted by Gasteiger charge is 2.15. The Bertz CT molecular complexity index is 763. The van der Waals surface area contributed by atoms with Crippen LogP contribution in [0.25, 0.3) is 22.3 Å². The van der Waals surface area contributed by atoms with Gasteiger partial charge in [0.25, 0.3) is 0 Å². The molecule has 0 atom stereocenters. The minimum Gasteiger partial charge on any atom is -0.506 e. The van der Waals surface area contributed by atoms with Crippen molar-refractivity contribution in [3.63, 3.8) is 0 Å². The Morgan fingerprint density at radius 2 is 2.00 bits per heavy atom. The van der Waals surface area contributed by atoms with Gasteiger partial charge in [-0.15, -0.1) is 0 Å². The van der Waals surface area contributed by atoms with E-state index < -0.39 is 0 Å². The van der Waals surface area contributed by atoms with E-state index in [1.54, 1.807) is 6.07 Å². The summed E-state index contributed by atoms with van der Waals surface area (Å²) in [5.74, 6) is 0.162. The molecule has 0 saturated carbocycles. The number of aromatic nitrogens is 4. The first-order valence-corrected chi connectivity index (χ1v) is 5.96. The fourth-order valence-corrected chi connectivity index (χ4v) is 2.13. The third kappa shape index (κ3) is 1.85. The van der Waals surface area contributed by atoms with Crippen molar-refractivity contribution in [3.8, 4) is 17.0 Å². The maximum Gasteiger partial charge on any atom is 0.161 e. The Labute approximate surface area is 117 Å². The molecule has 2 aromatic heterocycles. The van der Waals surface area contributed by atoms with Gasteiger partial charge in [-0.1, -0.05) is 23.2 Å². The standard InChI is InChI=1S/C11H7Cl2N5O/c12-5-1-4(2-6(19)8(5)13)9-7-10(14)15-3-16-11(7)18-17-9/h1-3,19H,(H3,14,15,16,17,18). The molecule has 1 aromatic carbocycles. The lowest BCUT2D eigenvalue weighted by Crippen LogP contribution is -1.92. The number of phenols is 1. The van der Waals surface area contributed by atoms with Crippen molar-refractivity contribution in [2.24, 2.45) is 0 Å². The van der Waals surface area contributed by atoms with E-state index in [1.165, 1.54) is 12.4 Å². The fourth-order valence-electron chi connectivity index (χ4n) is 1.80. The highest BCUT2D eigenvalue weighted by atomic mass is 35.5. The third-order valence-corrected chi connectivity index (χ3v) is 3.46. The summed E-state index contributed by atoms with van der Waals surface area (Å²) in [7, 11) is 0. The summed E-state index contributed by atoms with van der Waals surface area (Å²) in [6.45, 7) is 0. The first-order chi connectivity index (χ1) is 9.08. The van der Waals surface area contributed by atoms with Crippen LogP contribution in [0, 0.1) is 0 Å². The fraction of sp³-hybridized carbons (Fsp3) is 0. The molecule has 0 bridgehead atoms. The molecule has 0 saturated heterocycles. The number of H-pyrrole nitrogens is 1. The Morgan fingerprint density at radius 3 is 2.74 bits per heavy atom. The smallest absolute Gasteiger partial charge is 0.161 e. The Morgan fingerprint density at radius 1 is 1.21 bits per heavy atom. The average molecular weight is 296 g/mol. The number of nitrogens with one attached hydrogen (secondary N) is 1. The number of hydrogen-bond acceptors (Lipinski definition) is 5. The number of nitrogen functional groups attached to an aromatic ring is 1. The van der Waals surface area contributed by atoms with Crippen molar-refractivity contribution in [1.82, 2.24) is 20.2 Å². The normalized spacial score (nSPS) is 11.1. The molecule has 2 heterocycles. The molecule has 0 aliphatic carbocycles. The quantitative estimate of drug-likeness (QED) is 0.640. The number of anilines is 1. The van der Waals surface area contributed by atoms with Crippen LogP contribution in [-0.2, 0) is 0 Å². The average Bonchev–Trinajstić information content (AvgIpc) is 2.80. The predicted octanol–water partition coefficient (Wildman–Crippen LogP) is 2.61. The van der Waals surface area contributed by atoms with Gasteiger partial charge in [0.15, 0.2) is 5.65 Å². The molecule has 8 heteroatoms. The second kappa shape index (κ2) is 4.25. The Balaban J connectivity index is 2.31. The van der Waals surface area contributed by atoms with E-state index in [0.717, 1.165) is 0 Å². The molecule has 0 amide bonds. The number of nitrogens with zero attached hydrogens (tertiary/aromatic N) is 3. The number of halogens is 2. The molecular weight excluding hydrogens is 289 g/mol. The number of aromatic amines is 1. The summed E-state index contributed by atoms with van der Waals surface area (Å²) >= 11 is 11.7. The van der Waals surface area contributed by atoms with Crippen molar-refractivity contribution in [2.75, 3.05) is 5.73 Å². The van der Waals surface area contributed by atoms with Gasteiger partial charge in [0.05, 0.1) is 10.4 Å². The van der Waals surface area contributed by atoms with Crippen molar-refractivity contribution < 1.29 is 5.11 Å². The lowest BCUT2D eigenvalue weighted by atomic mass is 10.1. The molecule has 0 aliphatic rings. The van der Waals surface area contributed by atoms with Gasteiger partial charge in [-0.2, -0.15) is 5.10 Å². The molecule has 3 aromatic rings. The number of benzene rings is 1. The van der Waals surface area contributed by atoms with Gasteiger partial charge in [-0.25, -0.2) is 9.97 Å². The van der Waals surface area contributed by atoms with E-state index in [4.69, 9.17) is 28.9 Å². The van der Waals surface area contributed by atoms with Crippen LogP contribution in [0.3, 0.4) is 0 Å². The lowest BCUT2D eigenvalue weighted by molar-refractivity contribution is 0.476. The Hall–Kier alpha value is -2.05. The maximum absolute atomic E-state index is 9.70. The summed E-state index contributed by atoms with van der Waals surface area (Å²) in [6.07, 6.45) is 1.34. The summed E-state index contributed by atoms with van der Waals surface area (Å²) in [6, 6.07) is 3.04. The van der Waals surface area contributed by atoms with Crippen LogP contribution in [0.2, 0.25) is 10.0 Å². The molecule has 96 valence electrons. The summed E-state index contributed by atoms with van der Waals surface area (Å²) in [5, 5.41) is 17.5. The van der Waals surface area contributed by atoms with Gasteiger partial charge in [-0.3, -0.25) is 5.10 Å². The molecule has 4 N–H and O–H groups in total. The molecule has 0 aliphatic heterocycles. The first-order valence-electron chi connectivity index (χ1n) is 5.21. The SMILES string of the molecule is Nc1ncnc2[nH]nc(-c3cc(O)c(Cl)c(Cl)c3)c12. The zero-order chi connectivity index (χ0) is 13.6. The zero-order valence-electron chi connectivity index (χ0n) is 9.35. The van der Waals surface area contributed by atoms with Gasteiger partial charge in [0.2, 0.25) is 0 Å². The summed E-state index contributed by atoms with van der Waals surface area (Å²) < 4.78 is 0. The highest BCUT2D eigenvalue weighted by molar-refractivity contribution is 6.43. The second-order valence-corrected chi connectivity index (χ2v) is 4.63. The van der Waals surface area contributed by atoms with E-state index in [-0.39, 0.29) is 15.8 Å². The summed E-state index contributed by atoms with van der Waals surface area (Å²) in [5.41, 5.74) is 7.39. The van der Waals surface area contributed by atoms with Crippen molar-refractivity contribution in [3.05, 3.63) is 28.5 Å². The van der Waals surface area contributed by atoms with Crippen LogP contribution in [0.15, 0.2) is 18.5 Å². The number of fused-ring (bicyclic) bond motifs is 1. The molecule has 3 rings (SSSR count). The van der Waals surface area contributed by atoms with E-state index >= 15 is 0 Å². The molecule has 19 heavy (non-hydrogen) atoms. The van der Waals surface area contributed by atoms with Crippen LogP contribution in [0.1, 0.15) is 0 Å². The van der Waals surface area contributed by atoms with Gasteiger partial charge in [0, 0.05) is 5.56 Å². The largest absolute Gasteiger partial charge is 0.506 e. The van der Waals surface area contributed by atoms with E-state index in [0.29, 0.717) is 28.1 Å². The van der Waals surface area contributed by atoms with Crippen molar-refractivity contribution in [1.29, 1.82) is 0 Å². The number of hydrogen-bond donors (Lipinski definition) is 3. The van der Waals surface area contributed by atoms with Crippen molar-refractivity contribution >= 4 is 40.1 Å². The van der Waals surface area contributed by atoms with Crippen LogP contribution in [-0.4, -0.2) is 25.3 Å². The molecule has 6 nitrogen and oxygen atoms in total. The predicted molar refractivity (Wildman–Crippen MR) is 73.2 cm³/mol. The third-order valence-electron chi connectivity index (χ3n) is 2.67. The maximum atomic E-state index is 9.70. The summed E-state index contributed by atoms with van der Waals surface area (Å²) in [4.78, 5) is 7.93. The van der Waals surface area contributed by atoms with Crippen molar-refractivity contribution in [2.45, 2.75) is 0 Å². The second-order valence-electron chi connectivity index (χ2n) is 3.85. The molecule has 0 spiro atoms. The minimum absolute atomic E-state index is 0.0921. The molecule has 0 radical (unpaired) electrons. The van der Waals surface area contributed by atoms with E-state index in [9.17, 15) is 5.11 Å². The molecule has 0 fully saturated rings. The van der Waals surface area contributed by atoms with Gasteiger partial charge < -0.3 is 10.8 Å². The van der Waals surface area contributed by atoms with Gasteiger partial charge >= 0.3 is 0 Å². The number of phenolic OH excluding ortho intramolecular Hbond substituents is 1. The van der Waals surface area contributed by atoms with Crippen LogP contribution >= 0.6 is 23.2 Å². The number of aromatic hydroxyl groups is 1. The minimum atomic E-state index is -0.129. The van der Waals surface area contributed by atoms with Crippen LogP contribution < -0.4 is 5.73 Å². The topological polar surface area (TPSA) is 101 Å². The van der Waals surface area contributed by atoms with E-state index in [2.05, 4.69) is 20.2 Å². The van der Waals surface area contributed by atoms with Gasteiger partial charge in [0.1, 0.15) is 28.6 Å². The zero-order valence-corrected chi connectivity index (χ0v) is 10.9. The lowest BCUT2D eigenvalue weighted by Gasteiger charge is -2.04. The number of nitrogens with two attached hydrogens (primary N) is 1. The van der Waals surface area contributed by atoms with Crippen LogP contribution in [0.5, 0.6) is 5.75 Å². The molecule has 0 unspecified atom stereocenters. The monoisotopic (exact) mass is 295 g/mol. The van der Waals surface area contributed by atoms with Gasteiger partial charge in [-0.05, 0) is 12.1 Å². The number of rotatable bonds is 1.